The third-order valence-corrected chi connectivity index (χ3v) is 13.0. The molecule has 2 heteroatoms. The van der Waals surface area contributed by atoms with Crippen LogP contribution in [0.25, 0.3) is 43.4 Å². The smallest absolute Gasteiger partial charge is 0.0725 e. The summed E-state index contributed by atoms with van der Waals surface area (Å²) in [5.74, 6) is 0. The highest BCUT2D eigenvalue weighted by atomic mass is 15.1. The minimum absolute atomic E-state index is 0.644. The molecule has 1 aliphatic carbocycles. The van der Waals surface area contributed by atoms with Crippen molar-refractivity contribution in [1.82, 2.24) is 0 Å². The molecule has 11 aromatic carbocycles. The van der Waals surface area contributed by atoms with Crippen LogP contribution in [0, 0.1) is 0 Å². The molecule has 0 bridgehead atoms. The van der Waals surface area contributed by atoms with Gasteiger partial charge in [0.1, 0.15) is 0 Å². The van der Waals surface area contributed by atoms with Gasteiger partial charge in [-0.1, -0.05) is 182 Å². The molecule has 11 aromatic rings. The highest BCUT2D eigenvalue weighted by molar-refractivity contribution is 6.21. The molecule has 12 rings (SSSR count). The molecule has 0 heterocycles. The molecule has 0 saturated carbocycles. The molecule has 0 amide bonds. The predicted molar refractivity (Wildman–Crippen MR) is 266 cm³/mol. The molecule has 0 saturated heterocycles. The minimum Gasteiger partial charge on any atom is -0.310 e. The van der Waals surface area contributed by atoms with Crippen molar-refractivity contribution in [3.63, 3.8) is 0 Å². The summed E-state index contributed by atoms with van der Waals surface area (Å²) in [6.45, 7) is 0. The lowest BCUT2D eigenvalue weighted by Gasteiger charge is -2.36. The molecule has 0 unspecified atom stereocenters. The van der Waals surface area contributed by atoms with Crippen molar-refractivity contribution >= 4 is 66.4 Å². The molecule has 0 atom stereocenters. The first kappa shape index (κ1) is 36.6. The second-order valence-electron chi connectivity index (χ2n) is 16.4. The largest absolute Gasteiger partial charge is 0.310 e. The molecule has 63 heavy (non-hydrogen) atoms. The van der Waals surface area contributed by atoms with Gasteiger partial charge in [0.25, 0.3) is 0 Å². The molecule has 0 aliphatic heterocycles. The normalized spacial score (nSPS) is 12.6. The number of hydrogen-bond acceptors (Lipinski definition) is 2. The van der Waals surface area contributed by atoms with E-state index in [0.717, 1.165) is 34.1 Å². The number of hydrogen-bond donors (Lipinski definition) is 0. The van der Waals surface area contributed by atoms with Crippen molar-refractivity contribution in [3.05, 3.63) is 277 Å². The van der Waals surface area contributed by atoms with Crippen LogP contribution in [0.4, 0.5) is 34.1 Å². The van der Waals surface area contributed by atoms with Crippen molar-refractivity contribution in [2.45, 2.75) is 5.41 Å². The average Bonchev–Trinajstić information content (AvgIpc) is 3.69. The minimum atomic E-state index is -0.644. The fourth-order valence-corrected chi connectivity index (χ4v) is 10.5. The Bertz CT molecular complexity index is 3310. The van der Waals surface area contributed by atoms with Gasteiger partial charge in [0, 0.05) is 34.1 Å². The van der Waals surface area contributed by atoms with Crippen LogP contribution in [0.5, 0.6) is 0 Å². The lowest BCUT2D eigenvalue weighted by molar-refractivity contribution is 0.783. The number of benzene rings is 11. The van der Waals surface area contributed by atoms with Gasteiger partial charge >= 0.3 is 0 Å². The molecular formula is C61H42N2. The maximum absolute atomic E-state index is 2.42. The molecule has 1 aliphatic rings. The summed E-state index contributed by atoms with van der Waals surface area (Å²) in [6.07, 6.45) is 0. The number of rotatable bonds is 8. The monoisotopic (exact) mass is 802 g/mol. The molecular weight excluding hydrogens is 761 g/mol. The molecule has 0 aromatic heterocycles. The van der Waals surface area contributed by atoms with Gasteiger partial charge in [0.2, 0.25) is 0 Å². The molecule has 0 N–H and O–H groups in total. The van der Waals surface area contributed by atoms with Crippen molar-refractivity contribution in [2.24, 2.45) is 0 Å². The van der Waals surface area contributed by atoms with Gasteiger partial charge in [0.05, 0.1) is 5.41 Å². The molecule has 296 valence electrons. The summed E-state index contributed by atoms with van der Waals surface area (Å²) < 4.78 is 0. The zero-order valence-corrected chi connectivity index (χ0v) is 34.6. The van der Waals surface area contributed by atoms with Crippen LogP contribution < -0.4 is 9.80 Å². The highest BCUT2D eigenvalue weighted by Gasteiger charge is 2.49. The number of para-hydroxylation sites is 4. The maximum atomic E-state index is 2.42. The third-order valence-electron chi connectivity index (χ3n) is 13.0. The summed E-state index contributed by atoms with van der Waals surface area (Å²) in [7, 11) is 0. The second kappa shape index (κ2) is 15.1. The standard InChI is InChI=1S/C61H42N2/c1-7-21-44(22-8-1)61(45-23-9-2-10-24-45)59-52-39-36-50(62(46-25-11-3-12-26-46)47-27-13-4-14-28-47)41-43(52)35-38-56(59)58-54-34-20-19-33-53(54)57-42-51(37-40-55(57)60(58)61)63(48-29-15-5-16-30-48)49-31-17-6-18-32-49/h1-42H. The van der Waals surface area contributed by atoms with Gasteiger partial charge in [0.15, 0.2) is 0 Å². The van der Waals surface area contributed by atoms with Crippen LogP contribution in [0.3, 0.4) is 0 Å². The van der Waals surface area contributed by atoms with Gasteiger partial charge < -0.3 is 9.80 Å². The quantitative estimate of drug-likeness (QED) is 0.141. The van der Waals surface area contributed by atoms with Gasteiger partial charge in [-0.15, -0.1) is 0 Å². The number of nitrogens with zero attached hydrogens (tertiary/aromatic N) is 2. The molecule has 0 spiro atoms. The zero-order valence-electron chi connectivity index (χ0n) is 34.6. The fraction of sp³-hybridized carbons (Fsp3) is 0.0164. The lowest BCUT2D eigenvalue weighted by atomic mass is 9.65. The van der Waals surface area contributed by atoms with Crippen LogP contribution >= 0.6 is 0 Å². The van der Waals surface area contributed by atoms with Crippen molar-refractivity contribution in [3.8, 4) is 11.1 Å². The first-order valence-electron chi connectivity index (χ1n) is 21.8. The van der Waals surface area contributed by atoms with E-state index in [1.807, 2.05) is 0 Å². The lowest BCUT2D eigenvalue weighted by Crippen LogP contribution is -2.29. The average molecular weight is 803 g/mol. The van der Waals surface area contributed by atoms with Crippen molar-refractivity contribution < 1.29 is 0 Å². The third kappa shape index (κ3) is 5.80. The fourth-order valence-electron chi connectivity index (χ4n) is 10.5. The number of fused-ring (bicyclic) bond motifs is 10. The Morgan fingerprint density at radius 2 is 0.667 bits per heavy atom. The van der Waals surface area contributed by atoms with E-state index in [1.165, 1.54) is 65.7 Å². The summed E-state index contributed by atoms with van der Waals surface area (Å²) in [6, 6.07) is 93.3. The SMILES string of the molecule is c1ccc(N(c2ccccc2)c2ccc3c4c(ccc3c2)-c2c(c3ccc(N(c5ccccc5)c5ccccc5)cc3c3ccccc23)C4(c2ccccc2)c2ccccc2)cc1. The van der Waals surface area contributed by atoms with Crippen LogP contribution in [0.15, 0.2) is 255 Å². The Morgan fingerprint density at radius 1 is 0.254 bits per heavy atom. The van der Waals surface area contributed by atoms with Gasteiger partial charge in [-0.3, -0.25) is 0 Å². The Hall–Kier alpha value is -8.20. The van der Waals surface area contributed by atoms with Crippen LogP contribution in [0.1, 0.15) is 22.3 Å². The Morgan fingerprint density at radius 3 is 1.16 bits per heavy atom. The van der Waals surface area contributed by atoms with Crippen LogP contribution in [-0.4, -0.2) is 0 Å². The van der Waals surface area contributed by atoms with Crippen LogP contribution in [-0.2, 0) is 5.41 Å². The van der Waals surface area contributed by atoms with E-state index in [9.17, 15) is 0 Å². The van der Waals surface area contributed by atoms with Crippen molar-refractivity contribution in [2.75, 3.05) is 9.80 Å². The Kier molecular flexibility index (Phi) is 8.76. The first-order chi connectivity index (χ1) is 31.3. The summed E-state index contributed by atoms with van der Waals surface area (Å²) >= 11 is 0. The van der Waals surface area contributed by atoms with E-state index >= 15 is 0 Å². The van der Waals surface area contributed by atoms with E-state index in [4.69, 9.17) is 0 Å². The van der Waals surface area contributed by atoms with E-state index < -0.39 is 5.41 Å². The van der Waals surface area contributed by atoms with Gasteiger partial charge in [-0.25, -0.2) is 0 Å². The van der Waals surface area contributed by atoms with Gasteiger partial charge in [-0.2, -0.15) is 0 Å². The molecule has 0 fully saturated rings. The van der Waals surface area contributed by atoms with E-state index in [1.54, 1.807) is 0 Å². The first-order valence-corrected chi connectivity index (χ1v) is 21.8. The Balaban J connectivity index is 1.18. The Labute approximate surface area is 368 Å². The van der Waals surface area contributed by atoms with Crippen LogP contribution in [0.2, 0.25) is 0 Å². The highest BCUT2D eigenvalue weighted by Crippen LogP contribution is 2.62. The second-order valence-corrected chi connectivity index (χ2v) is 16.4. The summed E-state index contributed by atoms with van der Waals surface area (Å²) in [5.41, 5.74) is 13.8. The summed E-state index contributed by atoms with van der Waals surface area (Å²) in [5, 5.41) is 7.43. The zero-order chi connectivity index (χ0) is 41.7. The summed E-state index contributed by atoms with van der Waals surface area (Å²) in [4.78, 5) is 4.73. The van der Waals surface area contributed by atoms with E-state index in [2.05, 4.69) is 265 Å². The van der Waals surface area contributed by atoms with E-state index in [0.29, 0.717) is 0 Å². The molecule has 2 nitrogen and oxygen atoms in total. The topological polar surface area (TPSA) is 6.48 Å². The van der Waals surface area contributed by atoms with Gasteiger partial charge in [-0.05, 0) is 138 Å². The number of anilines is 6. The maximum Gasteiger partial charge on any atom is 0.0725 e. The predicted octanol–water partition coefficient (Wildman–Crippen LogP) is 16.4. The van der Waals surface area contributed by atoms with E-state index in [-0.39, 0.29) is 0 Å². The van der Waals surface area contributed by atoms with Crippen molar-refractivity contribution in [1.29, 1.82) is 0 Å². The molecule has 0 radical (unpaired) electrons.